The molecule has 0 unspecified atom stereocenters. The summed E-state index contributed by atoms with van der Waals surface area (Å²) in [5, 5.41) is 3.78. The SMILES string of the molecule is CC(=O)N(N=O)NC1=Nc2ccc(Cl)cc2C(c2ccccc2)=NC1. The van der Waals surface area contributed by atoms with Crippen molar-refractivity contribution in [1.29, 1.82) is 0 Å². The number of hydrogen-bond acceptors (Lipinski definition) is 6. The molecule has 7 nitrogen and oxygen atoms in total. The Bertz CT molecular complexity index is 880. The molecule has 0 fully saturated rings. The molecule has 126 valence electrons. The van der Waals surface area contributed by atoms with E-state index in [9.17, 15) is 9.70 Å². The van der Waals surface area contributed by atoms with E-state index in [-0.39, 0.29) is 6.54 Å². The largest absolute Gasteiger partial charge is 0.276 e. The Balaban J connectivity index is 2.05. The maximum Gasteiger partial charge on any atom is 0.262 e. The summed E-state index contributed by atoms with van der Waals surface area (Å²) in [6, 6.07) is 14.9. The highest BCUT2D eigenvalue weighted by atomic mass is 35.5. The van der Waals surface area contributed by atoms with Gasteiger partial charge in [0.1, 0.15) is 5.84 Å². The van der Waals surface area contributed by atoms with Gasteiger partial charge in [-0.25, -0.2) is 4.99 Å². The summed E-state index contributed by atoms with van der Waals surface area (Å²) in [5.41, 5.74) is 5.63. The molecule has 1 N–H and O–H groups in total. The first-order valence-electron chi connectivity index (χ1n) is 7.46. The predicted octanol–water partition coefficient (Wildman–Crippen LogP) is 3.26. The molecule has 0 saturated carbocycles. The third-order valence-corrected chi connectivity index (χ3v) is 3.75. The van der Waals surface area contributed by atoms with Crippen molar-refractivity contribution in [3.63, 3.8) is 0 Å². The van der Waals surface area contributed by atoms with Gasteiger partial charge in [0.2, 0.25) is 0 Å². The van der Waals surface area contributed by atoms with Gasteiger partial charge in [0.15, 0.2) is 0 Å². The van der Waals surface area contributed by atoms with Gasteiger partial charge in [-0.15, -0.1) is 10.0 Å². The van der Waals surface area contributed by atoms with Crippen LogP contribution >= 0.6 is 11.6 Å². The number of fused-ring (bicyclic) bond motifs is 1. The topological polar surface area (TPSA) is 86.5 Å². The number of amides is 1. The second kappa shape index (κ2) is 7.23. The lowest BCUT2D eigenvalue weighted by Crippen LogP contribution is -2.42. The van der Waals surface area contributed by atoms with Crippen LogP contribution in [0.25, 0.3) is 0 Å². The van der Waals surface area contributed by atoms with Crippen molar-refractivity contribution in [3.8, 4) is 0 Å². The standard InChI is InChI=1S/C17H14ClN5O2/c1-11(24)23(22-25)21-16-10-19-17(12-5-3-2-4-6-12)14-9-13(18)7-8-15(14)20-16/h2-9H,10H2,1H3,(H,20,21). The van der Waals surface area contributed by atoms with Gasteiger partial charge in [0.05, 0.1) is 23.2 Å². The van der Waals surface area contributed by atoms with Gasteiger partial charge in [-0.3, -0.25) is 15.2 Å². The van der Waals surface area contributed by atoms with E-state index in [1.165, 1.54) is 6.92 Å². The molecule has 0 radical (unpaired) electrons. The summed E-state index contributed by atoms with van der Waals surface area (Å²) in [7, 11) is 0. The van der Waals surface area contributed by atoms with E-state index in [2.05, 4.69) is 20.7 Å². The quantitative estimate of drug-likeness (QED) is 0.662. The summed E-state index contributed by atoms with van der Waals surface area (Å²) in [6.45, 7) is 1.37. The lowest BCUT2D eigenvalue weighted by atomic mass is 10.0. The molecule has 8 heteroatoms. The van der Waals surface area contributed by atoms with Crippen LogP contribution in [0.2, 0.25) is 5.02 Å². The van der Waals surface area contributed by atoms with E-state index in [4.69, 9.17) is 11.6 Å². The van der Waals surface area contributed by atoms with Crippen LogP contribution in [0.15, 0.2) is 63.8 Å². The van der Waals surface area contributed by atoms with Crippen molar-refractivity contribution in [2.24, 2.45) is 15.3 Å². The number of nitroso groups, excluding NO2 is 1. The number of carbonyl (C=O) groups is 1. The number of nitrogens with one attached hydrogen (secondary N) is 1. The fraction of sp³-hybridized carbons (Fsp3) is 0.118. The molecular formula is C17H14ClN5O2. The van der Waals surface area contributed by atoms with Crippen LogP contribution in [0, 0.1) is 4.91 Å². The Hall–Kier alpha value is -3.06. The molecule has 2 aromatic carbocycles. The van der Waals surface area contributed by atoms with E-state index in [0.29, 0.717) is 21.7 Å². The highest BCUT2D eigenvalue weighted by molar-refractivity contribution is 6.31. The number of nitrogens with zero attached hydrogens (tertiary/aromatic N) is 4. The first kappa shape index (κ1) is 16.8. The van der Waals surface area contributed by atoms with E-state index >= 15 is 0 Å². The van der Waals surface area contributed by atoms with Gasteiger partial charge < -0.3 is 0 Å². The van der Waals surface area contributed by atoms with Gasteiger partial charge in [-0.2, -0.15) is 0 Å². The Morgan fingerprint density at radius 1 is 1.24 bits per heavy atom. The minimum Gasteiger partial charge on any atom is -0.276 e. The molecule has 1 aliphatic heterocycles. The zero-order valence-corrected chi connectivity index (χ0v) is 14.1. The van der Waals surface area contributed by atoms with Crippen molar-refractivity contribution in [2.75, 3.05) is 6.54 Å². The summed E-state index contributed by atoms with van der Waals surface area (Å²) >= 11 is 6.14. The molecule has 0 aromatic heterocycles. The number of hydrazine groups is 1. The highest BCUT2D eigenvalue weighted by Crippen LogP contribution is 2.28. The maximum atomic E-state index is 11.4. The fourth-order valence-corrected chi connectivity index (χ4v) is 2.57. The molecule has 1 aliphatic rings. The minimum atomic E-state index is -0.550. The molecular weight excluding hydrogens is 342 g/mol. The number of amidine groups is 1. The molecule has 1 heterocycles. The summed E-state index contributed by atoms with van der Waals surface area (Å²) < 4.78 is 0. The van der Waals surface area contributed by atoms with Crippen LogP contribution in [0.1, 0.15) is 18.1 Å². The molecule has 25 heavy (non-hydrogen) atoms. The second-order valence-corrected chi connectivity index (χ2v) is 5.71. The number of halogens is 1. The van der Waals surface area contributed by atoms with Gasteiger partial charge >= 0.3 is 0 Å². The van der Waals surface area contributed by atoms with Gasteiger partial charge in [0.25, 0.3) is 5.91 Å². The summed E-state index contributed by atoms with van der Waals surface area (Å²) in [6.07, 6.45) is 0. The van der Waals surface area contributed by atoms with Crippen LogP contribution in [-0.2, 0) is 4.79 Å². The van der Waals surface area contributed by atoms with Crippen molar-refractivity contribution in [2.45, 2.75) is 6.92 Å². The first-order chi connectivity index (χ1) is 12.1. The monoisotopic (exact) mass is 355 g/mol. The Morgan fingerprint density at radius 2 is 2.00 bits per heavy atom. The van der Waals surface area contributed by atoms with E-state index in [0.717, 1.165) is 16.8 Å². The number of benzene rings is 2. The molecule has 0 spiro atoms. The third kappa shape index (κ3) is 3.72. The number of hydrogen-bond donors (Lipinski definition) is 1. The van der Waals surface area contributed by atoms with Crippen molar-refractivity contribution in [3.05, 3.63) is 69.6 Å². The second-order valence-electron chi connectivity index (χ2n) is 5.28. The zero-order chi connectivity index (χ0) is 17.8. The number of aliphatic imine (C=N–C) groups is 2. The van der Waals surface area contributed by atoms with Crippen LogP contribution in [0.5, 0.6) is 0 Å². The molecule has 0 bridgehead atoms. The van der Waals surface area contributed by atoms with Crippen LogP contribution in [0.4, 0.5) is 5.69 Å². The van der Waals surface area contributed by atoms with Crippen molar-refractivity contribution < 1.29 is 4.79 Å². The van der Waals surface area contributed by atoms with Crippen LogP contribution in [-0.4, -0.2) is 29.1 Å². The lowest BCUT2D eigenvalue weighted by Gasteiger charge is -2.13. The fourth-order valence-electron chi connectivity index (χ4n) is 2.40. The molecule has 0 saturated heterocycles. The van der Waals surface area contributed by atoms with Crippen molar-refractivity contribution >= 4 is 34.7 Å². The smallest absolute Gasteiger partial charge is 0.262 e. The number of rotatable bonds is 2. The number of carbonyl (C=O) groups excluding carboxylic acids is 1. The van der Waals surface area contributed by atoms with Gasteiger partial charge in [-0.05, 0) is 18.2 Å². The lowest BCUT2D eigenvalue weighted by molar-refractivity contribution is -0.130. The van der Waals surface area contributed by atoms with E-state index in [1.54, 1.807) is 18.2 Å². The summed E-state index contributed by atoms with van der Waals surface area (Å²) in [4.78, 5) is 31.2. The maximum absolute atomic E-state index is 11.4. The van der Waals surface area contributed by atoms with Gasteiger partial charge in [0, 0.05) is 23.1 Å². The molecule has 0 aliphatic carbocycles. The Morgan fingerprint density at radius 3 is 2.68 bits per heavy atom. The molecule has 1 amide bonds. The van der Waals surface area contributed by atoms with E-state index in [1.807, 2.05) is 30.3 Å². The zero-order valence-electron chi connectivity index (χ0n) is 13.3. The molecule has 2 aromatic rings. The highest BCUT2D eigenvalue weighted by Gasteiger charge is 2.18. The predicted molar refractivity (Wildman–Crippen MR) is 96.9 cm³/mol. The average molecular weight is 356 g/mol. The average Bonchev–Trinajstić information content (AvgIpc) is 2.79. The third-order valence-electron chi connectivity index (χ3n) is 3.52. The summed E-state index contributed by atoms with van der Waals surface area (Å²) in [5.74, 6) is -0.227. The Labute approximate surface area is 149 Å². The first-order valence-corrected chi connectivity index (χ1v) is 7.84. The van der Waals surface area contributed by atoms with Gasteiger partial charge in [-0.1, -0.05) is 41.9 Å². The minimum absolute atomic E-state index is 0.149. The Kier molecular flexibility index (Phi) is 4.85. The van der Waals surface area contributed by atoms with E-state index < -0.39 is 5.91 Å². The molecule has 0 atom stereocenters. The van der Waals surface area contributed by atoms with Crippen LogP contribution < -0.4 is 5.43 Å². The molecule has 3 rings (SSSR count). The van der Waals surface area contributed by atoms with Crippen molar-refractivity contribution in [1.82, 2.24) is 10.5 Å². The normalized spacial score (nSPS) is 13.0. The van der Waals surface area contributed by atoms with Crippen LogP contribution in [0.3, 0.4) is 0 Å².